The number of nitrogens with zero attached hydrogens (tertiary/aromatic N) is 3. The van der Waals surface area contributed by atoms with Crippen molar-refractivity contribution in [2.75, 3.05) is 19.5 Å². The van der Waals surface area contributed by atoms with Crippen LogP contribution in [0.1, 0.15) is 30.0 Å². The number of benzene rings is 3. The van der Waals surface area contributed by atoms with Crippen LogP contribution < -0.4 is 14.8 Å². The van der Waals surface area contributed by atoms with Gasteiger partial charge in [-0.3, -0.25) is 9.59 Å². The Morgan fingerprint density at radius 2 is 1.65 bits per heavy atom. The van der Waals surface area contributed by atoms with Crippen molar-refractivity contribution < 1.29 is 19.1 Å². The second-order valence-electron chi connectivity index (χ2n) is 8.51. The molecule has 5 rings (SSSR count). The van der Waals surface area contributed by atoms with E-state index in [2.05, 4.69) is 10.3 Å². The minimum absolute atomic E-state index is 0.0169. The maximum absolute atomic E-state index is 12.9. The second-order valence-corrected chi connectivity index (χ2v) is 9.68. The monoisotopic (exact) mass is 514 g/mol. The largest absolute Gasteiger partial charge is 0.496 e. The molecule has 2 aliphatic heterocycles. The van der Waals surface area contributed by atoms with Gasteiger partial charge in [0.1, 0.15) is 16.7 Å². The number of aliphatic imine (C=N–C) groups is 1. The minimum Gasteiger partial charge on any atom is -0.496 e. The molecule has 188 valence electrons. The van der Waals surface area contributed by atoms with Gasteiger partial charge in [0, 0.05) is 18.4 Å². The number of hydrazone groups is 1. The molecular weight excluding hydrogens is 488 g/mol. The zero-order chi connectivity index (χ0) is 25.8. The summed E-state index contributed by atoms with van der Waals surface area (Å²) in [7, 11) is 3.18. The van der Waals surface area contributed by atoms with Crippen LogP contribution in [-0.2, 0) is 9.59 Å². The molecule has 3 aromatic rings. The topological polar surface area (TPSA) is 92.6 Å². The zero-order valence-electron chi connectivity index (χ0n) is 20.5. The molecule has 0 unspecified atom stereocenters. The highest BCUT2D eigenvalue weighted by atomic mass is 32.2. The maximum Gasteiger partial charge on any atom is 0.262 e. The van der Waals surface area contributed by atoms with E-state index in [0.29, 0.717) is 23.0 Å². The summed E-state index contributed by atoms with van der Waals surface area (Å²) >= 11 is 1.26. The van der Waals surface area contributed by atoms with Gasteiger partial charge in [0.05, 0.1) is 31.7 Å². The molecule has 37 heavy (non-hydrogen) atoms. The Kier molecular flexibility index (Phi) is 7.23. The van der Waals surface area contributed by atoms with Crippen LogP contribution in [0, 0.1) is 0 Å². The van der Waals surface area contributed by atoms with Crippen molar-refractivity contribution in [2.45, 2.75) is 24.1 Å². The van der Waals surface area contributed by atoms with Crippen LogP contribution in [-0.4, -0.2) is 47.2 Å². The van der Waals surface area contributed by atoms with Gasteiger partial charge in [-0.05, 0) is 23.8 Å². The molecule has 1 N–H and O–H groups in total. The van der Waals surface area contributed by atoms with Gasteiger partial charge >= 0.3 is 0 Å². The van der Waals surface area contributed by atoms with E-state index in [0.717, 1.165) is 22.6 Å². The number of carbonyl (C=O) groups is 2. The highest BCUT2D eigenvalue weighted by molar-refractivity contribution is 8.15. The highest BCUT2D eigenvalue weighted by Crippen LogP contribution is 2.41. The number of hydrogen-bond donors (Lipinski definition) is 1. The molecule has 0 bridgehead atoms. The molecule has 0 aliphatic carbocycles. The third-order valence-corrected chi connectivity index (χ3v) is 7.33. The summed E-state index contributed by atoms with van der Waals surface area (Å²) in [6.07, 6.45) is 0.605. The van der Waals surface area contributed by atoms with Gasteiger partial charge in [0.15, 0.2) is 5.17 Å². The summed E-state index contributed by atoms with van der Waals surface area (Å²) in [5, 5.41) is 9.35. The molecule has 0 saturated carbocycles. The first kappa shape index (κ1) is 24.6. The van der Waals surface area contributed by atoms with Crippen LogP contribution in [0.4, 0.5) is 5.69 Å². The van der Waals surface area contributed by atoms with Crippen LogP contribution in [0.3, 0.4) is 0 Å². The average molecular weight is 515 g/mol. The molecule has 8 nitrogen and oxygen atoms in total. The SMILES string of the molecule is COc1ccccc1NC(=O)C[C@@H]1SC(N2N=C(c3ccccc3)C[C@@H]2c2ccccc2OC)=NC1=O. The summed E-state index contributed by atoms with van der Waals surface area (Å²) in [6, 6.07) is 24.7. The Bertz CT molecular complexity index is 1380. The van der Waals surface area contributed by atoms with Gasteiger partial charge in [-0.1, -0.05) is 72.4 Å². The number of amides is 2. The number of amidine groups is 1. The third-order valence-electron chi connectivity index (χ3n) is 6.19. The van der Waals surface area contributed by atoms with E-state index in [9.17, 15) is 9.59 Å². The lowest BCUT2D eigenvalue weighted by atomic mass is 9.98. The third kappa shape index (κ3) is 5.22. The summed E-state index contributed by atoms with van der Waals surface area (Å²) < 4.78 is 10.9. The van der Waals surface area contributed by atoms with Crippen molar-refractivity contribution in [2.24, 2.45) is 10.1 Å². The Balaban J connectivity index is 1.37. The first-order valence-corrected chi connectivity index (χ1v) is 12.7. The van der Waals surface area contributed by atoms with E-state index < -0.39 is 5.25 Å². The molecule has 2 atom stereocenters. The predicted molar refractivity (Wildman–Crippen MR) is 145 cm³/mol. The molecule has 2 amide bonds. The molecule has 0 saturated heterocycles. The molecule has 0 aromatic heterocycles. The number of hydrogen-bond acceptors (Lipinski definition) is 7. The molecule has 9 heteroatoms. The Morgan fingerprint density at radius 3 is 2.41 bits per heavy atom. The van der Waals surface area contributed by atoms with Gasteiger partial charge in [-0.15, -0.1) is 0 Å². The van der Waals surface area contributed by atoms with Gasteiger partial charge in [-0.2, -0.15) is 10.1 Å². The number of nitrogens with one attached hydrogen (secondary N) is 1. The lowest BCUT2D eigenvalue weighted by Crippen LogP contribution is -2.25. The number of ether oxygens (including phenoxy) is 2. The fourth-order valence-electron chi connectivity index (χ4n) is 4.40. The van der Waals surface area contributed by atoms with E-state index >= 15 is 0 Å². The number of rotatable bonds is 7. The Labute approximate surface area is 219 Å². The van der Waals surface area contributed by atoms with Crippen molar-refractivity contribution in [3.05, 3.63) is 90.0 Å². The number of para-hydroxylation sites is 3. The van der Waals surface area contributed by atoms with Crippen LogP contribution in [0.2, 0.25) is 0 Å². The molecular formula is C28H26N4O4S. The number of thioether (sulfide) groups is 1. The molecule has 3 aromatic carbocycles. The quantitative estimate of drug-likeness (QED) is 0.483. The van der Waals surface area contributed by atoms with E-state index in [4.69, 9.17) is 14.6 Å². The van der Waals surface area contributed by atoms with Crippen LogP contribution in [0.5, 0.6) is 11.5 Å². The molecule has 0 spiro atoms. The Morgan fingerprint density at radius 1 is 0.973 bits per heavy atom. The summed E-state index contributed by atoms with van der Waals surface area (Å²) in [5.74, 6) is 0.655. The highest BCUT2D eigenvalue weighted by Gasteiger charge is 2.40. The number of carbonyl (C=O) groups excluding carboxylic acids is 2. The van der Waals surface area contributed by atoms with Crippen molar-refractivity contribution >= 4 is 40.1 Å². The van der Waals surface area contributed by atoms with Gasteiger partial charge < -0.3 is 14.8 Å². The van der Waals surface area contributed by atoms with E-state index in [-0.39, 0.29) is 24.3 Å². The fraction of sp³-hybridized carbons (Fsp3) is 0.214. The van der Waals surface area contributed by atoms with Crippen LogP contribution >= 0.6 is 11.8 Å². The van der Waals surface area contributed by atoms with Crippen molar-refractivity contribution in [1.82, 2.24) is 5.01 Å². The van der Waals surface area contributed by atoms with Crippen molar-refractivity contribution in [3.63, 3.8) is 0 Å². The summed E-state index contributed by atoms with van der Waals surface area (Å²) in [4.78, 5) is 30.0. The first-order chi connectivity index (χ1) is 18.1. The lowest BCUT2D eigenvalue weighted by molar-refractivity contribution is -0.121. The van der Waals surface area contributed by atoms with Crippen LogP contribution in [0.25, 0.3) is 0 Å². The number of anilines is 1. The lowest BCUT2D eigenvalue weighted by Gasteiger charge is -2.24. The predicted octanol–water partition coefficient (Wildman–Crippen LogP) is 4.88. The Hall–Kier alpha value is -4.11. The van der Waals surface area contributed by atoms with E-state index in [1.54, 1.807) is 31.4 Å². The normalized spacial score (nSPS) is 18.9. The van der Waals surface area contributed by atoms with Crippen molar-refractivity contribution in [3.8, 4) is 11.5 Å². The minimum atomic E-state index is -0.640. The van der Waals surface area contributed by atoms with Gasteiger partial charge in [0.25, 0.3) is 5.91 Å². The smallest absolute Gasteiger partial charge is 0.262 e. The van der Waals surface area contributed by atoms with Crippen molar-refractivity contribution in [1.29, 1.82) is 0 Å². The number of methoxy groups -OCH3 is 2. The summed E-state index contributed by atoms with van der Waals surface area (Å²) in [6.45, 7) is 0. The molecule has 2 aliphatic rings. The first-order valence-electron chi connectivity index (χ1n) is 11.8. The zero-order valence-corrected chi connectivity index (χ0v) is 21.3. The van der Waals surface area contributed by atoms with E-state index in [1.807, 2.05) is 66.7 Å². The second kappa shape index (κ2) is 10.9. The van der Waals surface area contributed by atoms with Gasteiger partial charge in [-0.25, -0.2) is 5.01 Å². The summed E-state index contributed by atoms with van der Waals surface area (Å²) in [5.41, 5.74) is 3.41. The average Bonchev–Trinajstić information content (AvgIpc) is 3.53. The fourth-order valence-corrected chi connectivity index (χ4v) is 5.46. The van der Waals surface area contributed by atoms with Crippen LogP contribution in [0.15, 0.2) is 89.0 Å². The molecule has 0 fully saturated rings. The maximum atomic E-state index is 12.9. The van der Waals surface area contributed by atoms with Gasteiger partial charge in [0.2, 0.25) is 5.91 Å². The standard InChI is InChI=1S/C28H26N4O4S/c1-35-23-14-8-6-12-19(23)22-16-21(18-10-4-3-5-11-18)31-32(22)28-30-27(34)25(37-28)17-26(33)29-20-13-7-9-15-24(20)36-2/h3-15,22,25H,16-17H2,1-2H3,(H,29,33)/t22-,25+/m1/s1. The molecule has 0 radical (unpaired) electrons. The van der Waals surface area contributed by atoms with E-state index in [1.165, 1.54) is 11.8 Å². The molecule has 2 heterocycles.